The van der Waals surface area contributed by atoms with Crippen LogP contribution in [0.3, 0.4) is 0 Å². The van der Waals surface area contributed by atoms with Gasteiger partial charge in [0.05, 0.1) is 33.3 Å². The van der Waals surface area contributed by atoms with Gasteiger partial charge in [-0.1, -0.05) is 47.5 Å². The molecule has 1 unspecified atom stereocenters. The Bertz CT molecular complexity index is 1100. The first-order chi connectivity index (χ1) is 14.0. The van der Waals surface area contributed by atoms with E-state index in [1.165, 1.54) is 6.07 Å². The number of fused-ring (bicyclic) bond motifs is 1. The average molecular weight is 431 g/mol. The number of para-hydroxylation sites is 1. The second kappa shape index (κ2) is 7.77. The summed E-state index contributed by atoms with van der Waals surface area (Å²) in [7, 11) is 0. The molecule has 1 aliphatic rings. The minimum absolute atomic E-state index is 0.00987. The smallest absolute Gasteiger partial charge is 0.337 e. The van der Waals surface area contributed by atoms with Crippen molar-refractivity contribution in [3.63, 3.8) is 0 Å². The molecule has 0 spiro atoms. The number of rotatable bonds is 3. The molecule has 0 saturated carbocycles. The van der Waals surface area contributed by atoms with Crippen LogP contribution in [0.2, 0.25) is 10.0 Å². The molecule has 2 heterocycles. The molecule has 1 aromatic heterocycles. The maximum atomic E-state index is 13.2. The van der Waals surface area contributed by atoms with Gasteiger partial charge in [-0.2, -0.15) is 0 Å². The molecule has 148 valence electrons. The van der Waals surface area contributed by atoms with E-state index < -0.39 is 18.0 Å². The molecule has 9 heteroatoms. The normalized spacial score (nSPS) is 15.7. The highest BCUT2D eigenvalue weighted by atomic mass is 35.5. The molecule has 0 bridgehead atoms. The summed E-state index contributed by atoms with van der Waals surface area (Å²) in [5.74, 6) is -1.12. The highest BCUT2D eigenvalue weighted by molar-refractivity contribution is 6.42. The second-order valence-electron chi connectivity index (χ2n) is 6.54. The summed E-state index contributed by atoms with van der Waals surface area (Å²) in [6.07, 6.45) is 2.16. The number of carboxylic acids is 1. The Kier molecular flexibility index (Phi) is 5.17. The zero-order chi connectivity index (χ0) is 20.5. The van der Waals surface area contributed by atoms with E-state index in [4.69, 9.17) is 23.2 Å². The van der Waals surface area contributed by atoms with E-state index in [-0.39, 0.29) is 11.3 Å². The van der Waals surface area contributed by atoms with Crippen molar-refractivity contribution in [1.82, 2.24) is 14.9 Å². The largest absolute Gasteiger partial charge is 0.478 e. The predicted octanol–water partition coefficient (Wildman–Crippen LogP) is 4.59. The third kappa shape index (κ3) is 3.54. The summed E-state index contributed by atoms with van der Waals surface area (Å²) in [4.78, 5) is 33.7. The van der Waals surface area contributed by atoms with Crippen LogP contribution in [0.25, 0.3) is 0 Å². The van der Waals surface area contributed by atoms with Crippen LogP contribution in [0.5, 0.6) is 0 Å². The Morgan fingerprint density at radius 2 is 1.97 bits per heavy atom. The van der Waals surface area contributed by atoms with E-state index >= 15 is 0 Å². The van der Waals surface area contributed by atoms with Crippen molar-refractivity contribution in [2.75, 3.05) is 11.9 Å². The Labute approximate surface area is 176 Å². The molecule has 3 aromatic rings. The van der Waals surface area contributed by atoms with E-state index in [1.54, 1.807) is 47.6 Å². The summed E-state index contributed by atoms with van der Waals surface area (Å²) < 4.78 is 0. The summed E-state index contributed by atoms with van der Waals surface area (Å²) in [5.41, 5.74) is 2.47. The fourth-order valence-electron chi connectivity index (χ4n) is 3.51. The number of imidazole rings is 1. The maximum Gasteiger partial charge on any atom is 0.337 e. The van der Waals surface area contributed by atoms with Gasteiger partial charge in [0.15, 0.2) is 0 Å². The molecule has 1 aliphatic heterocycles. The molecular formula is C20H16Cl2N4O3. The molecule has 2 aromatic carbocycles. The quantitative estimate of drug-likeness (QED) is 0.565. The first-order valence-electron chi connectivity index (χ1n) is 8.83. The zero-order valence-electron chi connectivity index (χ0n) is 15.0. The van der Waals surface area contributed by atoms with Gasteiger partial charge in [0.1, 0.15) is 6.04 Å². The van der Waals surface area contributed by atoms with Gasteiger partial charge in [-0.25, -0.2) is 14.6 Å². The van der Waals surface area contributed by atoms with Gasteiger partial charge in [0.2, 0.25) is 0 Å². The number of benzene rings is 2. The Morgan fingerprint density at radius 3 is 2.76 bits per heavy atom. The van der Waals surface area contributed by atoms with Crippen LogP contribution in [-0.4, -0.2) is 38.5 Å². The van der Waals surface area contributed by atoms with E-state index in [9.17, 15) is 14.7 Å². The summed E-state index contributed by atoms with van der Waals surface area (Å²) in [5, 5.41) is 12.8. The zero-order valence-corrected chi connectivity index (χ0v) is 16.5. The molecule has 2 amide bonds. The number of nitrogens with zero attached hydrogens (tertiary/aromatic N) is 2. The van der Waals surface area contributed by atoms with Crippen molar-refractivity contribution >= 4 is 40.9 Å². The Balaban J connectivity index is 1.73. The number of aromatic nitrogens is 2. The highest BCUT2D eigenvalue weighted by Gasteiger charge is 2.36. The van der Waals surface area contributed by atoms with Crippen LogP contribution in [-0.2, 0) is 6.42 Å². The Hall–Kier alpha value is -3.03. The number of urea groups is 1. The minimum Gasteiger partial charge on any atom is -0.478 e. The van der Waals surface area contributed by atoms with Crippen molar-refractivity contribution < 1.29 is 14.7 Å². The fourth-order valence-corrected chi connectivity index (χ4v) is 3.92. The standard InChI is InChI=1S/C20H16Cl2N4O3/c21-13-6-3-5-12(16(13)22)18-17-15(23-10-24-17)8-9-26(18)20(29)25-14-7-2-1-4-11(14)19(27)28/h1-7,10,18H,8-9H2,(H,23,24)(H,25,29)(H,27,28). The van der Waals surface area contributed by atoms with Gasteiger partial charge < -0.3 is 20.3 Å². The van der Waals surface area contributed by atoms with Crippen LogP contribution in [0.4, 0.5) is 10.5 Å². The number of amides is 2. The van der Waals surface area contributed by atoms with Crippen LogP contribution in [0.15, 0.2) is 48.8 Å². The minimum atomic E-state index is -1.12. The molecule has 29 heavy (non-hydrogen) atoms. The van der Waals surface area contributed by atoms with E-state index in [1.807, 2.05) is 0 Å². The topological polar surface area (TPSA) is 98.3 Å². The number of carbonyl (C=O) groups is 2. The number of nitrogens with one attached hydrogen (secondary N) is 2. The van der Waals surface area contributed by atoms with Gasteiger partial charge in [0.25, 0.3) is 0 Å². The lowest BCUT2D eigenvalue weighted by molar-refractivity contribution is 0.0698. The number of hydrogen-bond acceptors (Lipinski definition) is 3. The number of halogens is 2. The van der Waals surface area contributed by atoms with Crippen molar-refractivity contribution in [2.45, 2.75) is 12.5 Å². The fraction of sp³-hybridized carbons (Fsp3) is 0.150. The van der Waals surface area contributed by atoms with Crippen LogP contribution in [0.1, 0.15) is 33.4 Å². The van der Waals surface area contributed by atoms with Crippen LogP contribution in [0, 0.1) is 0 Å². The molecule has 7 nitrogen and oxygen atoms in total. The van der Waals surface area contributed by atoms with Crippen molar-refractivity contribution in [3.8, 4) is 0 Å². The highest BCUT2D eigenvalue weighted by Crippen LogP contribution is 2.39. The van der Waals surface area contributed by atoms with Gasteiger partial charge >= 0.3 is 12.0 Å². The van der Waals surface area contributed by atoms with Crippen LogP contribution < -0.4 is 5.32 Å². The van der Waals surface area contributed by atoms with Gasteiger partial charge in [-0.15, -0.1) is 0 Å². The predicted molar refractivity (Wildman–Crippen MR) is 110 cm³/mol. The van der Waals surface area contributed by atoms with Crippen molar-refractivity contribution in [3.05, 3.63) is 81.4 Å². The third-order valence-electron chi connectivity index (χ3n) is 4.86. The number of H-pyrrole nitrogens is 1. The SMILES string of the molecule is O=C(O)c1ccccc1NC(=O)N1CCc2[nH]cnc2C1c1cccc(Cl)c1Cl. The van der Waals surface area contributed by atoms with Gasteiger partial charge in [-0.05, 0) is 18.2 Å². The molecule has 4 rings (SSSR count). The van der Waals surface area contributed by atoms with Crippen molar-refractivity contribution in [1.29, 1.82) is 0 Å². The van der Waals surface area contributed by atoms with Crippen LogP contribution >= 0.6 is 23.2 Å². The number of hydrogen-bond donors (Lipinski definition) is 3. The first-order valence-corrected chi connectivity index (χ1v) is 9.59. The van der Waals surface area contributed by atoms with Crippen molar-refractivity contribution in [2.24, 2.45) is 0 Å². The van der Waals surface area contributed by atoms with E-state index in [0.29, 0.717) is 34.3 Å². The third-order valence-corrected chi connectivity index (χ3v) is 5.69. The summed E-state index contributed by atoms with van der Waals surface area (Å²) in [6, 6.07) is 10.5. The lowest BCUT2D eigenvalue weighted by Gasteiger charge is -2.35. The number of carboxylic acid groups (broad SMARTS) is 1. The molecule has 0 fully saturated rings. The molecule has 0 aliphatic carbocycles. The maximum absolute atomic E-state index is 13.2. The number of anilines is 1. The summed E-state index contributed by atoms with van der Waals surface area (Å²) in [6.45, 7) is 0.393. The molecule has 3 N–H and O–H groups in total. The van der Waals surface area contributed by atoms with E-state index in [0.717, 1.165) is 5.69 Å². The summed E-state index contributed by atoms with van der Waals surface area (Å²) >= 11 is 12.7. The lowest BCUT2D eigenvalue weighted by atomic mass is 9.96. The Morgan fingerprint density at radius 1 is 1.17 bits per heavy atom. The average Bonchev–Trinajstić information content (AvgIpc) is 3.18. The number of aromatic carboxylic acids is 1. The second-order valence-corrected chi connectivity index (χ2v) is 7.32. The van der Waals surface area contributed by atoms with Gasteiger partial charge in [-0.3, -0.25) is 0 Å². The van der Waals surface area contributed by atoms with E-state index in [2.05, 4.69) is 15.3 Å². The first kappa shape index (κ1) is 19.3. The molecule has 1 atom stereocenters. The lowest BCUT2D eigenvalue weighted by Crippen LogP contribution is -2.43. The molecular weight excluding hydrogens is 415 g/mol. The molecule has 0 radical (unpaired) electrons. The van der Waals surface area contributed by atoms with Gasteiger partial charge in [0, 0.05) is 24.2 Å². The molecule has 0 saturated heterocycles. The monoisotopic (exact) mass is 430 g/mol. The number of carbonyl (C=O) groups excluding carboxylic acids is 1. The number of aromatic amines is 1.